The molecule has 0 fully saturated rings. The fourth-order valence-electron chi connectivity index (χ4n) is 2.14. The summed E-state index contributed by atoms with van der Waals surface area (Å²) in [5.74, 6) is 0.600. The second-order valence-electron chi connectivity index (χ2n) is 5.27. The van der Waals surface area contributed by atoms with Crippen molar-refractivity contribution in [2.75, 3.05) is 5.32 Å². The molecule has 0 aliphatic carbocycles. The van der Waals surface area contributed by atoms with Gasteiger partial charge in [-0.1, -0.05) is 6.07 Å². The SMILES string of the molecule is CC(C(=O)Nc1ncccc1OCc1cccnc1)c1ccsc1. The van der Waals surface area contributed by atoms with Crippen LogP contribution < -0.4 is 10.1 Å². The largest absolute Gasteiger partial charge is 0.485 e. The van der Waals surface area contributed by atoms with Gasteiger partial charge in [0.25, 0.3) is 0 Å². The quantitative estimate of drug-likeness (QED) is 0.741. The average molecular weight is 339 g/mol. The third-order valence-electron chi connectivity index (χ3n) is 3.57. The number of hydrogen-bond donors (Lipinski definition) is 1. The summed E-state index contributed by atoms with van der Waals surface area (Å²) in [6.07, 6.45) is 5.08. The van der Waals surface area contributed by atoms with E-state index in [1.54, 1.807) is 42.1 Å². The first-order valence-corrected chi connectivity index (χ1v) is 8.48. The highest BCUT2D eigenvalue weighted by Crippen LogP contribution is 2.25. The van der Waals surface area contributed by atoms with Crippen molar-refractivity contribution in [1.29, 1.82) is 0 Å². The summed E-state index contributed by atoms with van der Waals surface area (Å²) in [5, 5.41) is 6.78. The van der Waals surface area contributed by atoms with Crippen LogP contribution >= 0.6 is 11.3 Å². The van der Waals surface area contributed by atoms with Crippen LogP contribution in [0.5, 0.6) is 5.75 Å². The molecular formula is C18H17N3O2S. The van der Waals surface area contributed by atoms with Gasteiger partial charge in [0.2, 0.25) is 5.91 Å². The summed E-state index contributed by atoms with van der Waals surface area (Å²) < 4.78 is 5.78. The number of nitrogens with zero attached hydrogens (tertiary/aromatic N) is 2. The van der Waals surface area contributed by atoms with Gasteiger partial charge in [0, 0.05) is 24.2 Å². The van der Waals surface area contributed by atoms with Gasteiger partial charge in [0.15, 0.2) is 11.6 Å². The van der Waals surface area contributed by atoms with Gasteiger partial charge < -0.3 is 10.1 Å². The van der Waals surface area contributed by atoms with Crippen molar-refractivity contribution in [3.63, 3.8) is 0 Å². The summed E-state index contributed by atoms with van der Waals surface area (Å²) in [7, 11) is 0. The molecule has 1 atom stereocenters. The standard InChI is InChI=1S/C18H17N3O2S/c1-13(15-6-9-24-12-15)18(22)21-17-16(5-3-8-20-17)23-11-14-4-2-7-19-10-14/h2-10,12-13H,11H2,1H3,(H,20,21,22). The molecule has 0 aromatic carbocycles. The third kappa shape index (κ3) is 3.97. The molecule has 3 aromatic heterocycles. The monoisotopic (exact) mass is 339 g/mol. The molecule has 0 aliphatic rings. The Morgan fingerprint density at radius 1 is 1.29 bits per heavy atom. The van der Waals surface area contributed by atoms with Crippen molar-refractivity contribution in [1.82, 2.24) is 9.97 Å². The summed E-state index contributed by atoms with van der Waals surface area (Å²) >= 11 is 1.57. The van der Waals surface area contributed by atoms with Crippen molar-refractivity contribution in [3.05, 3.63) is 70.8 Å². The van der Waals surface area contributed by atoms with Gasteiger partial charge in [0.1, 0.15) is 6.61 Å². The van der Waals surface area contributed by atoms with Gasteiger partial charge in [-0.2, -0.15) is 11.3 Å². The lowest BCUT2D eigenvalue weighted by molar-refractivity contribution is -0.117. The van der Waals surface area contributed by atoms with Crippen molar-refractivity contribution >= 4 is 23.1 Å². The number of carbonyl (C=O) groups excluding carboxylic acids is 1. The predicted octanol–water partition coefficient (Wildman–Crippen LogP) is 3.86. The van der Waals surface area contributed by atoms with E-state index in [2.05, 4.69) is 15.3 Å². The smallest absolute Gasteiger partial charge is 0.232 e. The van der Waals surface area contributed by atoms with E-state index in [-0.39, 0.29) is 11.8 Å². The number of ether oxygens (including phenoxy) is 1. The molecule has 3 heterocycles. The molecule has 3 aromatic rings. The molecule has 0 radical (unpaired) electrons. The molecule has 0 saturated carbocycles. The first-order chi connectivity index (χ1) is 11.7. The minimum atomic E-state index is -0.246. The van der Waals surface area contributed by atoms with E-state index in [1.807, 2.05) is 35.9 Å². The number of carbonyl (C=O) groups is 1. The molecule has 6 heteroatoms. The van der Waals surface area contributed by atoms with Crippen LogP contribution in [0.15, 0.2) is 59.7 Å². The van der Waals surface area contributed by atoms with E-state index in [0.717, 1.165) is 11.1 Å². The van der Waals surface area contributed by atoms with Crippen molar-refractivity contribution in [2.45, 2.75) is 19.4 Å². The summed E-state index contributed by atoms with van der Waals surface area (Å²) in [6, 6.07) is 9.30. The number of pyridine rings is 2. The molecule has 0 saturated heterocycles. The third-order valence-corrected chi connectivity index (χ3v) is 4.27. The molecule has 0 spiro atoms. The molecule has 1 unspecified atom stereocenters. The maximum Gasteiger partial charge on any atom is 0.232 e. The Balaban J connectivity index is 1.68. The highest BCUT2D eigenvalue weighted by molar-refractivity contribution is 7.08. The summed E-state index contributed by atoms with van der Waals surface area (Å²) in [4.78, 5) is 20.7. The maximum atomic E-state index is 12.4. The van der Waals surface area contributed by atoms with E-state index in [0.29, 0.717) is 18.2 Å². The van der Waals surface area contributed by atoms with Crippen LogP contribution in [0.4, 0.5) is 5.82 Å². The van der Waals surface area contributed by atoms with E-state index in [1.165, 1.54) is 0 Å². The van der Waals surface area contributed by atoms with Crippen molar-refractivity contribution in [2.24, 2.45) is 0 Å². The van der Waals surface area contributed by atoms with Gasteiger partial charge >= 0.3 is 0 Å². The van der Waals surface area contributed by atoms with Crippen molar-refractivity contribution in [3.8, 4) is 5.75 Å². The van der Waals surface area contributed by atoms with E-state index in [9.17, 15) is 4.79 Å². The van der Waals surface area contributed by atoms with Gasteiger partial charge in [-0.25, -0.2) is 4.98 Å². The molecular weight excluding hydrogens is 322 g/mol. The molecule has 0 aliphatic heterocycles. The highest BCUT2D eigenvalue weighted by atomic mass is 32.1. The van der Waals surface area contributed by atoms with Crippen LogP contribution in [-0.4, -0.2) is 15.9 Å². The normalized spacial score (nSPS) is 11.7. The number of anilines is 1. The Labute approximate surface area is 144 Å². The lowest BCUT2D eigenvalue weighted by atomic mass is 10.0. The molecule has 1 amide bonds. The fraction of sp³-hybridized carbons (Fsp3) is 0.167. The molecule has 122 valence electrons. The van der Waals surface area contributed by atoms with Gasteiger partial charge in [-0.05, 0) is 47.5 Å². The first kappa shape index (κ1) is 16.1. The van der Waals surface area contributed by atoms with Crippen LogP contribution in [0.25, 0.3) is 0 Å². The summed E-state index contributed by atoms with van der Waals surface area (Å²) in [5.41, 5.74) is 1.94. The van der Waals surface area contributed by atoms with E-state index in [4.69, 9.17) is 4.74 Å². The second-order valence-corrected chi connectivity index (χ2v) is 6.05. The van der Waals surface area contributed by atoms with Crippen LogP contribution in [-0.2, 0) is 11.4 Å². The predicted molar refractivity (Wildman–Crippen MR) is 94.2 cm³/mol. The zero-order chi connectivity index (χ0) is 16.8. The second kappa shape index (κ2) is 7.70. The van der Waals surface area contributed by atoms with Crippen LogP contribution in [0.2, 0.25) is 0 Å². The number of nitrogens with one attached hydrogen (secondary N) is 1. The lowest BCUT2D eigenvalue weighted by Gasteiger charge is -2.14. The number of amides is 1. The van der Waals surface area contributed by atoms with Crippen LogP contribution in [0.3, 0.4) is 0 Å². The minimum Gasteiger partial charge on any atom is -0.485 e. The van der Waals surface area contributed by atoms with Crippen LogP contribution in [0.1, 0.15) is 24.0 Å². The topological polar surface area (TPSA) is 64.1 Å². The Bertz CT molecular complexity index is 791. The Hall–Kier alpha value is -2.73. The zero-order valence-electron chi connectivity index (χ0n) is 13.2. The highest BCUT2D eigenvalue weighted by Gasteiger charge is 2.18. The Morgan fingerprint density at radius 2 is 2.17 bits per heavy atom. The molecule has 24 heavy (non-hydrogen) atoms. The number of rotatable bonds is 6. The number of hydrogen-bond acceptors (Lipinski definition) is 5. The van der Waals surface area contributed by atoms with E-state index < -0.39 is 0 Å². The fourth-order valence-corrected chi connectivity index (χ4v) is 2.90. The first-order valence-electron chi connectivity index (χ1n) is 7.53. The number of thiophene rings is 1. The Kier molecular flexibility index (Phi) is 5.18. The van der Waals surface area contributed by atoms with E-state index >= 15 is 0 Å². The van der Waals surface area contributed by atoms with Gasteiger partial charge in [0.05, 0.1) is 5.92 Å². The minimum absolute atomic E-state index is 0.113. The maximum absolute atomic E-state index is 12.4. The molecule has 0 bridgehead atoms. The summed E-state index contributed by atoms with van der Waals surface area (Å²) in [6.45, 7) is 2.24. The Morgan fingerprint density at radius 3 is 2.92 bits per heavy atom. The van der Waals surface area contributed by atoms with Crippen molar-refractivity contribution < 1.29 is 9.53 Å². The molecule has 3 rings (SSSR count). The number of aromatic nitrogens is 2. The average Bonchev–Trinajstić information content (AvgIpc) is 3.16. The molecule has 5 nitrogen and oxygen atoms in total. The zero-order valence-corrected chi connectivity index (χ0v) is 14.0. The molecule has 1 N–H and O–H groups in total. The van der Waals surface area contributed by atoms with Crippen LogP contribution in [0, 0.1) is 0 Å². The van der Waals surface area contributed by atoms with Gasteiger partial charge in [-0.3, -0.25) is 9.78 Å². The van der Waals surface area contributed by atoms with Gasteiger partial charge in [-0.15, -0.1) is 0 Å². The lowest BCUT2D eigenvalue weighted by Crippen LogP contribution is -2.19.